The Labute approximate surface area is 102 Å². The van der Waals surface area contributed by atoms with Gasteiger partial charge in [0.25, 0.3) is 0 Å². The van der Waals surface area contributed by atoms with Crippen molar-refractivity contribution in [2.45, 2.75) is 65.8 Å². The summed E-state index contributed by atoms with van der Waals surface area (Å²) in [5.41, 5.74) is 0.335. The lowest BCUT2D eigenvalue weighted by Gasteiger charge is -2.32. The average molecular weight is 229 g/mol. The first-order valence-electron chi connectivity index (χ1n) is 6.93. The lowest BCUT2D eigenvalue weighted by Crippen LogP contribution is -2.45. The maximum Gasteiger partial charge on any atom is 0.0591 e. The largest absolute Gasteiger partial charge is 0.380 e. The molecular formula is C14H31NO. The summed E-state index contributed by atoms with van der Waals surface area (Å²) in [6.07, 6.45) is 4.77. The minimum absolute atomic E-state index is 0.335. The molecule has 0 amide bonds. The third-order valence-corrected chi connectivity index (χ3v) is 3.62. The highest BCUT2D eigenvalue weighted by molar-refractivity contribution is 4.83. The maximum absolute atomic E-state index is 5.61. The number of hydrogen-bond donors (Lipinski definition) is 1. The Bertz CT molecular complexity index is 145. The number of nitrogens with one attached hydrogen (secondary N) is 1. The Hall–Kier alpha value is -0.0800. The van der Waals surface area contributed by atoms with Crippen LogP contribution in [0.5, 0.6) is 0 Å². The fraction of sp³-hybridized carbons (Fsp3) is 1.00. The van der Waals surface area contributed by atoms with Gasteiger partial charge in [-0.1, -0.05) is 34.6 Å². The van der Waals surface area contributed by atoms with E-state index in [4.69, 9.17) is 4.74 Å². The second-order valence-corrected chi connectivity index (χ2v) is 5.06. The second kappa shape index (κ2) is 9.00. The third-order valence-electron chi connectivity index (χ3n) is 3.62. The van der Waals surface area contributed by atoms with Crippen molar-refractivity contribution in [3.8, 4) is 0 Å². The minimum atomic E-state index is 0.335. The highest BCUT2D eigenvalue weighted by atomic mass is 16.5. The Balaban J connectivity index is 3.55. The standard InChI is InChI=1S/C14H31NO/c1-6-14(7-2,8-3)15-10-12-16-11-9-13(4)5/h13,15H,6-12H2,1-5H3. The van der Waals surface area contributed by atoms with Crippen molar-refractivity contribution in [3.05, 3.63) is 0 Å². The van der Waals surface area contributed by atoms with Crippen molar-refractivity contribution in [1.82, 2.24) is 5.32 Å². The molecule has 0 aliphatic carbocycles. The second-order valence-electron chi connectivity index (χ2n) is 5.06. The molecule has 0 aromatic heterocycles. The van der Waals surface area contributed by atoms with Crippen LogP contribution in [0.25, 0.3) is 0 Å². The van der Waals surface area contributed by atoms with Crippen LogP contribution in [0.4, 0.5) is 0 Å². The van der Waals surface area contributed by atoms with Gasteiger partial charge in [-0.15, -0.1) is 0 Å². The molecule has 0 aliphatic rings. The first-order valence-corrected chi connectivity index (χ1v) is 6.93. The van der Waals surface area contributed by atoms with Gasteiger partial charge in [0.2, 0.25) is 0 Å². The minimum Gasteiger partial charge on any atom is -0.380 e. The van der Waals surface area contributed by atoms with Crippen LogP contribution in [-0.4, -0.2) is 25.3 Å². The molecule has 0 aliphatic heterocycles. The quantitative estimate of drug-likeness (QED) is 0.578. The van der Waals surface area contributed by atoms with Gasteiger partial charge in [-0.05, 0) is 31.6 Å². The molecule has 0 saturated carbocycles. The first kappa shape index (κ1) is 15.9. The monoisotopic (exact) mass is 229 g/mol. The number of rotatable bonds is 10. The van der Waals surface area contributed by atoms with Crippen molar-refractivity contribution in [3.63, 3.8) is 0 Å². The summed E-state index contributed by atoms with van der Waals surface area (Å²) in [7, 11) is 0. The van der Waals surface area contributed by atoms with E-state index in [9.17, 15) is 0 Å². The van der Waals surface area contributed by atoms with E-state index < -0.39 is 0 Å². The van der Waals surface area contributed by atoms with Crippen LogP contribution in [-0.2, 0) is 4.74 Å². The van der Waals surface area contributed by atoms with Gasteiger partial charge in [-0.2, -0.15) is 0 Å². The molecule has 0 aromatic rings. The fourth-order valence-electron chi connectivity index (χ4n) is 1.93. The summed E-state index contributed by atoms with van der Waals surface area (Å²) in [5.74, 6) is 0.744. The van der Waals surface area contributed by atoms with E-state index in [-0.39, 0.29) is 0 Å². The molecule has 0 saturated heterocycles. The highest BCUT2D eigenvalue weighted by Crippen LogP contribution is 2.18. The predicted molar refractivity (Wildman–Crippen MR) is 71.9 cm³/mol. The van der Waals surface area contributed by atoms with E-state index in [1.165, 1.54) is 25.7 Å². The molecule has 0 bridgehead atoms. The first-order chi connectivity index (χ1) is 7.60. The molecule has 0 heterocycles. The summed E-state index contributed by atoms with van der Waals surface area (Å²) >= 11 is 0. The van der Waals surface area contributed by atoms with Crippen molar-refractivity contribution >= 4 is 0 Å². The molecule has 0 radical (unpaired) electrons. The van der Waals surface area contributed by atoms with E-state index in [1.54, 1.807) is 0 Å². The van der Waals surface area contributed by atoms with Gasteiger partial charge in [0, 0.05) is 18.7 Å². The van der Waals surface area contributed by atoms with E-state index in [0.29, 0.717) is 5.54 Å². The summed E-state index contributed by atoms with van der Waals surface area (Å²) < 4.78 is 5.61. The van der Waals surface area contributed by atoms with Crippen LogP contribution in [0, 0.1) is 5.92 Å². The van der Waals surface area contributed by atoms with Gasteiger partial charge < -0.3 is 10.1 Å². The van der Waals surface area contributed by atoms with Crippen LogP contribution >= 0.6 is 0 Å². The zero-order chi connectivity index (χ0) is 12.4. The molecule has 0 spiro atoms. The number of hydrogen-bond acceptors (Lipinski definition) is 2. The van der Waals surface area contributed by atoms with Crippen molar-refractivity contribution in [2.75, 3.05) is 19.8 Å². The molecule has 98 valence electrons. The van der Waals surface area contributed by atoms with Crippen molar-refractivity contribution < 1.29 is 4.74 Å². The fourth-order valence-corrected chi connectivity index (χ4v) is 1.93. The summed E-state index contributed by atoms with van der Waals surface area (Å²) in [6, 6.07) is 0. The lowest BCUT2D eigenvalue weighted by atomic mass is 9.90. The third kappa shape index (κ3) is 6.49. The Kier molecular flexibility index (Phi) is 8.96. The normalized spacial score (nSPS) is 12.4. The molecular weight excluding hydrogens is 198 g/mol. The Morgan fingerprint density at radius 2 is 1.56 bits per heavy atom. The van der Waals surface area contributed by atoms with Crippen LogP contribution < -0.4 is 5.32 Å². The molecule has 0 unspecified atom stereocenters. The van der Waals surface area contributed by atoms with E-state index in [0.717, 1.165) is 25.7 Å². The van der Waals surface area contributed by atoms with Gasteiger partial charge in [0.15, 0.2) is 0 Å². The van der Waals surface area contributed by atoms with Gasteiger partial charge in [0.1, 0.15) is 0 Å². The molecule has 2 heteroatoms. The molecule has 16 heavy (non-hydrogen) atoms. The zero-order valence-corrected chi connectivity index (χ0v) is 11.9. The topological polar surface area (TPSA) is 21.3 Å². The van der Waals surface area contributed by atoms with Crippen LogP contribution in [0.3, 0.4) is 0 Å². The van der Waals surface area contributed by atoms with Crippen LogP contribution in [0.1, 0.15) is 60.3 Å². The van der Waals surface area contributed by atoms with E-state index >= 15 is 0 Å². The van der Waals surface area contributed by atoms with Gasteiger partial charge in [-0.3, -0.25) is 0 Å². The average Bonchev–Trinajstić information content (AvgIpc) is 2.29. The maximum atomic E-state index is 5.61. The molecule has 0 fully saturated rings. The van der Waals surface area contributed by atoms with Gasteiger partial charge in [-0.25, -0.2) is 0 Å². The predicted octanol–water partition coefficient (Wildman–Crippen LogP) is 3.61. The summed E-state index contributed by atoms with van der Waals surface area (Å²) in [6.45, 7) is 14.0. The van der Waals surface area contributed by atoms with Crippen LogP contribution in [0.2, 0.25) is 0 Å². The van der Waals surface area contributed by atoms with E-state index in [1.807, 2.05) is 0 Å². The number of ether oxygens (including phenoxy) is 1. The van der Waals surface area contributed by atoms with Crippen molar-refractivity contribution in [2.24, 2.45) is 5.92 Å². The SMILES string of the molecule is CCC(CC)(CC)NCCOCCC(C)C. The molecule has 2 nitrogen and oxygen atoms in total. The molecule has 0 aromatic carbocycles. The van der Waals surface area contributed by atoms with Gasteiger partial charge in [0.05, 0.1) is 6.61 Å². The molecule has 0 atom stereocenters. The van der Waals surface area contributed by atoms with Crippen molar-refractivity contribution in [1.29, 1.82) is 0 Å². The smallest absolute Gasteiger partial charge is 0.0591 e. The van der Waals surface area contributed by atoms with E-state index in [2.05, 4.69) is 39.9 Å². The lowest BCUT2D eigenvalue weighted by molar-refractivity contribution is 0.116. The summed E-state index contributed by atoms with van der Waals surface area (Å²) in [5, 5.41) is 3.65. The zero-order valence-electron chi connectivity index (χ0n) is 11.9. The molecule has 1 N–H and O–H groups in total. The Morgan fingerprint density at radius 3 is 2.00 bits per heavy atom. The highest BCUT2D eigenvalue weighted by Gasteiger charge is 2.21. The molecule has 0 rings (SSSR count). The summed E-state index contributed by atoms with van der Waals surface area (Å²) in [4.78, 5) is 0. The van der Waals surface area contributed by atoms with Gasteiger partial charge >= 0.3 is 0 Å². The Morgan fingerprint density at radius 1 is 1.00 bits per heavy atom. The van der Waals surface area contributed by atoms with Crippen LogP contribution in [0.15, 0.2) is 0 Å².